The van der Waals surface area contributed by atoms with Crippen molar-refractivity contribution in [2.75, 3.05) is 0 Å². The lowest BCUT2D eigenvalue weighted by molar-refractivity contribution is -0.111. The van der Waals surface area contributed by atoms with Crippen LogP contribution in [0.2, 0.25) is 0 Å². The van der Waals surface area contributed by atoms with Crippen LogP contribution < -0.4 is 5.32 Å². The standard InChI is InChI=1S/C8H13NO/c10-6-9-8-3-1-7(5-8)2-4-8/h6-7H,1-5H2,(H,9,10). The van der Waals surface area contributed by atoms with Crippen molar-refractivity contribution >= 4 is 6.41 Å². The maximum absolute atomic E-state index is 10.2. The molecule has 2 bridgehead atoms. The van der Waals surface area contributed by atoms with Crippen LogP contribution in [0.4, 0.5) is 0 Å². The summed E-state index contributed by atoms with van der Waals surface area (Å²) in [5.74, 6) is 0.924. The van der Waals surface area contributed by atoms with E-state index in [9.17, 15) is 4.79 Å². The molecule has 0 aromatic heterocycles. The molecule has 0 aromatic rings. The molecule has 0 saturated heterocycles. The van der Waals surface area contributed by atoms with Gasteiger partial charge in [-0.3, -0.25) is 4.79 Å². The van der Waals surface area contributed by atoms with Crippen LogP contribution in [-0.2, 0) is 4.79 Å². The van der Waals surface area contributed by atoms with Crippen molar-refractivity contribution in [2.24, 2.45) is 5.92 Å². The first-order valence-corrected chi connectivity index (χ1v) is 4.06. The zero-order valence-corrected chi connectivity index (χ0v) is 6.10. The van der Waals surface area contributed by atoms with Crippen molar-refractivity contribution in [2.45, 2.75) is 37.6 Å². The molecule has 2 aliphatic rings. The molecular formula is C8H13NO. The highest BCUT2D eigenvalue weighted by Gasteiger charge is 2.44. The molecule has 1 amide bonds. The Morgan fingerprint density at radius 3 is 2.50 bits per heavy atom. The normalized spacial score (nSPS) is 43.8. The van der Waals surface area contributed by atoms with E-state index in [1.807, 2.05) is 0 Å². The summed E-state index contributed by atoms with van der Waals surface area (Å²) < 4.78 is 0. The van der Waals surface area contributed by atoms with Crippen LogP contribution in [0.15, 0.2) is 0 Å². The third-order valence-corrected chi connectivity index (χ3v) is 3.11. The average molecular weight is 139 g/mol. The third-order valence-electron chi connectivity index (χ3n) is 3.11. The number of hydrogen-bond donors (Lipinski definition) is 1. The minimum absolute atomic E-state index is 0.242. The highest BCUT2D eigenvalue weighted by Crippen LogP contribution is 2.47. The van der Waals surface area contributed by atoms with Gasteiger partial charge in [0.2, 0.25) is 6.41 Å². The van der Waals surface area contributed by atoms with Crippen LogP contribution in [0.1, 0.15) is 32.1 Å². The van der Waals surface area contributed by atoms with Crippen LogP contribution in [0.3, 0.4) is 0 Å². The molecule has 2 saturated carbocycles. The van der Waals surface area contributed by atoms with Gasteiger partial charge in [-0.25, -0.2) is 0 Å². The maximum Gasteiger partial charge on any atom is 0.207 e. The lowest BCUT2D eigenvalue weighted by atomic mass is 9.94. The van der Waals surface area contributed by atoms with E-state index in [0.717, 1.165) is 12.3 Å². The van der Waals surface area contributed by atoms with Gasteiger partial charge in [-0.05, 0) is 38.0 Å². The van der Waals surface area contributed by atoms with Crippen molar-refractivity contribution < 1.29 is 4.79 Å². The van der Waals surface area contributed by atoms with Gasteiger partial charge < -0.3 is 5.32 Å². The Balaban J connectivity index is 2.07. The number of carbonyl (C=O) groups is 1. The molecule has 10 heavy (non-hydrogen) atoms. The summed E-state index contributed by atoms with van der Waals surface area (Å²) in [4.78, 5) is 10.2. The number of fused-ring (bicyclic) bond motifs is 2. The topological polar surface area (TPSA) is 29.1 Å². The van der Waals surface area contributed by atoms with E-state index in [4.69, 9.17) is 0 Å². The van der Waals surface area contributed by atoms with Crippen molar-refractivity contribution in [1.29, 1.82) is 0 Å². The summed E-state index contributed by atoms with van der Waals surface area (Å²) in [7, 11) is 0. The molecule has 0 atom stereocenters. The summed E-state index contributed by atoms with van der Waals surface area (Å²) in [5, 5.41) is 2.97. The molecule has 2 heteroatoms. The fourth-order valence-electron chi connectivity index (χ4n) is 2.52. The zero-order valence-electron chi connectivity index (χ0n) is 6.10. The summed E-state index contributed by atoms with van der Waals surface area (Å²) in [6.45, 7) is 0. The first-order valence-electron chi connectivity index (χ1n) is 4.06. The molecule has 0 aliphatic heterocycles. The van der Waals surface area contributed by atoms with Gasteiger partial charge in [-0.2, -0.15) is 0 Å². The minimum Gasteiger partial charge on any atom is -0.353 e. The van der Waals surface area contributed by atoms with Gasteiger partial charge in [0.25, 0.3) is 0 Å². The highest BCUT2D eigenvalue weighted by molar-refractivity contribution is 5.48. The van der Waals surface area contributed by atoms with E-state index in [0.29, 0.717) is 0 Å². The van der Waals surface area contributed by atoms with Crippen molar-refractivity contribution in [3.05, 3.63) is 0 Å². The molecular weight excluding hydrogens is 126 g/mol. The lowest BCUT2D eigenvalue weighted by Crippen LogP contribution is -2.39. The first-order chi connectivity index (χ1) is 4.85. The maximum atomic E-state index is 10.2. The van der Waals surface area contributed by atoms with Crippen LogP contribution >= 0.6 is 0 Å². The largest absolute Gasteiger partial charge is 0.353 e. The number of nitrogens with one attached hydrogen (secondary N) is 1. The second kappa shape index (κ2) is 1.97. The van der Waals surface area contributed by atoms with Gasteiger partial charge in [0, 0.05) is 5.54 Å². The second-order valence-electron chi connectivity index (χ2n) is 3.69. The predicted molar refractivity (Wildman–Crippen MR) is 38.5 cm³/mol. The van der Waals surface area contributed by atoms with Gasteiger partial charge in [0.15, 0.2) is 0 Å². The number of amides is 1. The Kier molecular flexibility index (Phi) is 1.22. The van der Waals surface area contributed by atoms with Crippen LogP contribution in [0.5, 0.6) is 0 Å². The van der Waals surface area contributed by atoms with E-state index in [2.05, 4.69) is 5.32 Å². The van der Waals surface area contributed by atoms with Gasteiger partial charge in [0.05, 0.1) is 0 Å². The first kappa shape index (κ1) is 6.20. The van der Waals surface area contributed by atoms with Gasteiger partial charge >= 0.3 is 0 Å². The molecule has 2 rings (SSSR count). The number of hydrogen-bond acceptors (Lipinski definition) is 1. The SMILES string of the molecule is O=CNC12CCC(CC1)C2. The van der Waals surface area contributed by atoms with E-state index in [1.165, 1.54) is 32.1 Å². The highest BCUT2D eigenvalue weighted by atomic mass is 16.1. The summed E-state index contributed by atoms with van der Waals surface area (Å²) in [6, 6.07) is 0. The van der Waals surface area contributed by atoms with E-state index in [-0.39, 0.29) is 5.54 Å². The molecule has 56 valence electrons. The molecule has 2 aliphatic carbocycles. The number of rotatable bonds is 2. The van der Waals surface area contributed by atoms with E-state index < -0.39 is 0 Å². The Morgan fingerprint density at radius 1 is 1.40 bits per heavy atom. The third kappa shape index (κ3) is 0.746. The molecule has 0 unspecified atom stereocenters. The number of carbonyl (C=O) groups excluding carboxylic acids is 1. The van der Waals surface area contributed by atoms with E-state index in [1.54, 1.807) is 0 Å². The second-order valence-corrected chi connectivity index (χ2v) is 3.69. The summed E-state index contributed by atoms with van der Waals surface area (Å²) >= 11 is 0. The molecule has 0 aromatic carbocycles. The average Bonchev–Trinajstić information content (AvgIpc) is 2.46. The van der Waals surface area contributed by atoms with Gasteiger partial charge in [0.1, 0.15) is 0 Å². The van der Waals surface area contributed by atoms with Gasteiger partial charge in [-0.15, -0.1) is 0 Å². The van der Waals surface area contributed by atoms with Crippen LogP contribution in [-0.4, -0.2) is 11.9 Å². The summed E-state index contributed by atoms with van der Waals surface area (Å²) in [6.07, 6.45) is 7.22. The minimum atomic E-state index is 0.242. The molecule has 0 heterocycles. The zero-order chi connectivity index (χ0) is 7.03. The molecule has 0 radical (unpaired) electrons. The molecule has 1 N–H and O–H groups in total. The molecule has 2 fully saturated rings. The molecule has 0 spiro atoms. The predicted octanol–water partition coefficient (Wildman–Crippen LogP) is 1.07. The molecule has 2 nitrogen and oxygen atoms in total. The van der Waals surface area contributed by atoms with Crippen molar-refractivity contribution in [3.63, 3.8) is 0 Å². The quantitative estimate of drug-likeness (QED) is 0.569. The van der Waals surface area contributed by atoms with Crippen LogP contribution in [0, 0.1) is 5.92 Å². The fourth-order valence-corrected chi connectivity index (χ4v) is 2.52. The Labute approximate surface area is 61.0 Å². The summed E-state index contributed by atoms with van der Waals surface area (Å²) in [5.41, 5.74) is 0.242. The smallest absolute Gasteiger partial charge is 0.207 e. The Morgan fingerprint density at radius 2 is 2.10 bits per heavy atom. The lowest BCUT2D eigenvalue weighted by Gasteiger charge is -2.25. The Bertz CT molecular complexity index is 147. The fraction of sp³-hybridized carbons (Fsp3) is 0.875. The van der Waals surface area contributed by atoms with Crippen LogP contribution in [0.25, 0.3) is 0 Å². The Hall–Kier alpha value is -0.530. The van der Waals surface area contributed by atoms with E-state index >= 15 is 0 Å². The monoisotopic (exact) mass is 139 g/mol. The van der Waals surface area contributed by atoms with Gasteiger partial charge in [-0.1, -0.05) is 0 Å². The van der Waals surface area contributed by atoms with Crippen molar-refractivity contribution in [1.82, 2.24) is 5.32 Å². The van der Waals surface area contributed by atoms with Crippen molar-refractivity contribution in [3.8, 4) is 0 Å².